The molecule has 0 amide bonds. The maximum absolute atomic E-state index is 12.9. The average molecular weight is 294 g/mol. The predicted molar refractivity (Wildman–Crippen MR) is 62.6 cm³/mol. The fourth-order valence-corrected chi connectivity index (χ4v) is 2.82. The number of rotatable bonds is 2. The van der Waals surface area contributed by atoms with E-state index in [0.717, 1.165) is 0 Å². The average Bonchev–Trinajstić information content (AvgIpc) is 2.61. The lowest BCUT2D eigenvalue weighted by atomic mass is 9.80. The summed E-state index contributed by atoms with van der Waals surface area (Å²) in [7, 11) is 0. The van der Waals surface area contributed by atoms with E-state index in [9.17, 15) is 23.1 Å². The molecule has 0 aromatic heterocycles. The molecular formula is C13H17F3O4. The van der Waals surface area contributed by atoms with Crippen molar-refractivity contribution in [3.05, 3.63) is 12.2 Å². The number of carbonyl (C=O) groups is 1. The van der Waals surface area contributed by atoms with E-state index < -0.39 is 36.1 Å². The molecule has 114 valence electrons. The molecule has 0 spiro atoms. The van der Waals surface area contributed by atoms with E-state index in [1.807, 2.05) is 0 Å². The van der Waals surface area contributed by atoms with Crippen LogP contribution in [0.2, 0.25) is 0 Å². The Hall–Kier alpha value is -1.08. The van der Waals surface area contributed by atoms with Crippen LogP contribution in [0.1, 0.15) is 39.0 Å². The van der Waals surface area contributed by atoms with E-state index in [1.165, 1.54) is 6.92 Å². The van der Waals surface area contributed by atoms with Crippen LogP contribution in [-0.4, -0.2) is 34.7 Å². The van der Waals surface area contributed by atoms with Gasteiger partial charge in [0.25, 0.3) is 5.79 Å². The van der Waals surface area contributed by atoms with Gasteiger partial charge in [-0.05, 0) is 26.2 Å². The molecule has 1 aliphatic carbocycles. The molecule has 0 radical (unpaired) electrons. The molecule has 2 fully saturated rings. The summed E-state index contributed by atoms with van der Waals surface area (Å²) in [6.45, 7) is 4.84. The first-order valence-corrected chi connectivity index (χ1v) is 6.45. The van der Waals surface area contributed by atoms with E-state index >= 15 is 0 Å². The van der Waals surface area contributed by atoms with Gasteiger partial charge in [0.15, 0.2) is 0 Å². The molecule has 1 N–H and O–H groups in total. The van der Waals surface area contributed by atoms with Gasteiger partial charge in [-0.1, -0.05) is 13.0 Å². The summed E-state index contributed by atoms with van der Waals surface area (Å²) in [5.74, 6) is -4.01. The predicted octanol–water partition coefficient (Wildman–Crippen LogP) is 2.46. The van der Waals surface area contributed by atoms with Crippen LogP contribution >= 0.6 is 0 Å². The summed E-state index contributed by atoms with van der Waals surface area (Å²) >= 11 is 0. The molecule has 20 heavy (non-hydrogen) atoms. The highest BCUT2D eigenvalue weighted by Gasteiger charge is 2.68. The van der Waals surface area contributed by atoms with Crippen molar-refractivity contribution in [2.45, 2.75) is 62.7 Å². The Morgan fingerprint density at radius 1 is 1.45 bits per heavy atom. The quantitative estimate of drug-likeness (QED) is 0.628. The van der Waals surface area contributed by atoms with Crippen LogP contribution in [-0.2, 0) is 14.3 Å². The third-order valence-corrected chi connectivity index (χ3v) is 3.87. The first-order valence-electron chi connectivity index (χ1n) is 6.45. The standard InChI is InChI=1S/C13H17F3O4/c1-8(2)10(17)20-11-6-4-3-5-9(11)19-12(18,7-11)13(14,15)16/h9,18H,1,3-7H2,2H3. The molecule has 3 unspecified atom stereocenters. The monoisotopic (exact) mass is 294 g/mol. The fraction of sp³-hybridized carbons (Fsp3) is 0.769. The molecule has 2 rings (SSSR count). The van der Waals surface area contributed by atoms with Gasteiger partial charge in [-0.2, -0.15) is 13.2 Å². The SMILES string of the molecule is C=C(C)C(=O)OC12CCCCC1OC(O)(C(F)(F)F)C2. The third-order valence-electron chi connectivity index (χ3n) is 3.87. The van der Waals surface area contributed by atoms with Crippen LogP contribution in [0.5, 0.6) is 0 Å². The minimum Gasteiger partial charge on any atom is -0.453 e. The van der Waals surface area contributed by atoms with Crippen molar-refractivity contribution in [2.75, 3.05) is 0 Å². The van der Waals surface area contributed by atoms with Crippen molar-refractivity contribution in [1.29, 1.82) is 0 Å². The fourth-order valence-electron chi connectivity index (χ4n) is 2.82. The minimum atomic E-state index is -4.92. The molecular weight excluding hydrogens is 277 g/mol. The van der Waals surface area contributed by atoms with Crippen molar-refractivity contribution in [1.82, 2.24) is 0 Å². The molecule has 2 aliphatic rings. The van der Waals surface area contributed by atoms with E-state index in [1.54, 1.807) is 0 Å². The second-order valence-electron chi connectivity index (χ2n) is 5.55. The molecule has 4 nitrogen and oxygen atoms in total. The van der Waals surface area contributed by atoms with Gasteiger partial charge in [0.2, 0.25) is 0 Å². The summed E-state index contributed by atoms with van der Waals surface area (Å²) in [5, 5.41) is 9.71. The second kappa shape index (κ2) is 4.73. The zero-order valence-corrected chi connectivity index (χ0v) is 11.1. The smallest absolute Gasteiger partial charge is 0.443 e. The third kappa shape index (κ3) is 2.44. The van der Waals surface area contributed by atoms with E-state index in [0.29, 0.717) is 19.3 Å². The molecule has 1 saturated carbocycles. The zero-order chi connectivity index (χ0) is 15.2. The van der Waals surface area contributed by atoms with Crippen LogP contribution in [0.15, 0.2) is 12.2 Å². The van der Waals surface area contributed by atoms with Crippen LogP contribution < -0.4 is 0 Å². The lowest BCUT2D eigenvalue weighted by Gasteiger charge is -2.36. The number of alkyl halides is 3. The van der Waals surface area contributed by atoms with Gasteiger partial charge in [-0.25, -0.2) is 4.79 Å². The number of carbonyl (C=O) groups excluding carboxylic acids is 1. The number of hydrogen-bond donors (Lipinski definition) is 1. The van der Waals surface area contributed by atoms with Gasteiger partial charge in [0.05, 0.1) is 6.42 Å². The Balaban J connectivity index is 2.28. The molecule has 0 aromatic carbocycles. The molecule has 1 heterocycles. The van der Waals surface area contributed by atoms with Gasteiger partial charge >= 0.3 is 12.1 Å². The van der Waals surface area contributed by atoms with Crippen molar-refractivity contribution in [2.24, 2.45) is 0 Å². The topological polar surface area (TPSA) is 55.8 Å². The van der Waals surface area contributed by atoms with E-state index in [4.69, 9.17) is 9.47 Å². The highest BCUT2D eigenvalue weighted by molar-refractivity contribution is 5.87. The van der Waals surface area contributed by atoms with Crippen molar-refractivity contribution >= 4 is 5.97 Å². The Kier molecular flexibility index (Phi) is 3.62. The molecule has 1 aliphatic heterocycles. The van der Waals surface area contributed by atoms with Gasteiger partial charge in [0, 0.05) is 5.57 Å². The number of fused-ring (bicyclic) bond motifs is 1. The zero-order valence-electron chi connectivity index (χ0n) is 11.1. The van der Waals surface area contributed by atoms with Gasteiger partial charge in [-0.15, -0.1) is 0 Å². The van der Waals surface area contributed by atoms with Gasteiger partial charge in [-0.3, -0.25) is 0 Å². The number of hydrogen-bond acceptors (Lipinski definition) is 4. The van der Waals surface area contributed by atoms with E-state index in [2.05, 4.69) is 6.58 Å². The highest BCUT2D eigenvalue weighted by Crippen LogP contribution is 2.52. The first-order chi connectivity index (χ1) is 9.10. The van der Waals surface area contributed by atoms with Crippen LogP contribution in [0.3, 0.4) is 0 Å². The molecule has 0 aromatic rings. The van der Waals surface area contributed by atoms with Crippen molar-refractivity contribution in [3.63, 3.8) is 0 Å². The Morgan fingerprint density at radius 2 is 2.10 bits per heavy atom. The molecule has 0 bridgehead atoms. The van der Waals surface area contributed by atoms with Crippen molar-refractivity contribution in [3.8, 4) is 0 Å². The van der Waals surface area contributed by atoms with Crippen LogP contribution in [0.4, 0.5) is 13.2 Å². The normalized spacial score (nSPS) is 37.4. The number of esters is 1. The number of halogens is 3. The number of aliphatic hydroxyl groups is 1. The van der Waals surface area contributed by atoms with Crippen LogP contribution in [0, 0.1) is 0 Å². The van der Waals surface area contributed by atoms with Crippen molar-refractivity contribution < 1.29 is 32.5 Å². The lowest BCUT2D eigenvalue weighted by Crippen LogP contribution is -2.47. The number of ether oxygens (including phenoxy) is 2. The maximum Gasteiger partial charge on any atom is 0.443 e. The minimum absolute atomic E-state index is 0.103. The summed E-state index contributed by atoms with van der Waals surface area (Å²) in [6.07, 6.45) is -4.79. The van der Waals surface area contributed by atoms with Gasteiger partial charge < -0.3 is 14.6 Å². The summed E-state index contributed by atoms with van der Waals surface area (Å²) in [4.78, 5) is 11.7. The lowest BCUT2D eigenvalue weighted by molar-refractivity contribution is -0.357. The summed E-state index contributed by atoms with van der Waals surface area (Å²) < 4.78 is 48.8. The Labute approximate surface area is 114 Å². The summed E-state index contributed by atoms with van der Waals surface area (Å²) in [6, 6.07) is 0. The molecule has 3 atom stereocenters. The van der Waals surface area contributed by atoms with Crippen LogP contribution in [0.25, 0.3) is 0 Å². The first kappa shape index (κ1) is 15.3. The maximum atomic E-state index is 12.9. The van der Waals surface area contributed by atoms with E-state index in [-0.39, 0.29) is 12.0 Å². The summed E-state index contributed by atoms with van der Waals surface area (Å²) in [5.41, 5.74) is -1.32. The Bertz CT molecular complexity index is 434. The highest BCUT2D eigenvalue weighted by atomic mass is 19.4. The molecule has 7 heteroatoms. The molecule has 1 saturated heterocycles. The largest absolute Gasteiger partial charge is 0.453 e. The van der Waals surface area contributed by atoms with Gasteiger partial charge in [0.1, 0.15) is 11.7 Å². The second-order valence-corrected chi connectivity index (χ2v) is 5.55. The Morgan fingerprint density at radius 3 is 2.65 bits per heavy atom.